The van der Waals surface area contributed by atoms with E-state index in [2.05, 4.69) is 26.6 Å². The van der Waals surface area contributed by atoms with Crippen molar-refractivity contribution in [2.45, 2.75) is 55.8 Å². The van der Waals surface area contributed by atoms with E-state index in [0.29, 0.717) is 12.1 Å². The highest BCUT2D eigenvalue weighted by molar-refractivity contribution is 9.09. The van der Waals surface area contributed by atoms with E-state index < -0.39 is 35.6 Å². The van der Waals surface area contributed by atoms with Crippen LogP contribution in [0, 0.1) is 25.7 Å². The minimum atomic E-state index is -1.13. The van der Waals surface area contributed by atoms with Crippen LogP contribution in [0.1, 0.15) is 24.5 Å². The number of aliphatic hydroxyl groups excluding tert-OH is 1. The number of carbonyl (C=O) groups is 3. The molecule has 4 rings (SSSR count). The fourth-order valence-electron chi connectivity index (χ4n) is 5.60. The van der Waals surface area contributed by atoms with Crippen LogP contribution in [-0.4, -0.2) is 70.0 Å². The smallest absolute Gasteiger partial charge is 0.250 e. The number of carbonyl (C=O) groups excluding carboxylic acids is 3. The van der Waals surface area contributed by atoms with Crippen molar-refractivity contribution in [3.8, 4) is 0 Å². The maximum absolute atomic E-state index is 13.7. The Labute approximate surface area is 189 Å². The summed E-state index contributed by atoms with van der Waals surface area (Å²) in [5.41, 5.74) is 1.39. The van der Waals surface area contributed by atoms with Crippen molar-refractivity contribution >= 4 is 39.3 Å². The summed E-state index contributed by atoms with van der Waals surface area (Å²) in [7, 11) is 1.53. The SMILES string of the molecule is CNC(=O)[C@H]1[C@H]2C(=O)N([C@H](C)CO)C(C(=O)Nc3c(C)cccc3C)C23CC(Br)[C@@H]1O3. The summed E-state index contributed by atoms with van der Waals surface area (Å²) >= 11 is 3.61. The minimum absolute atomic E-state index is 0.154. The van der Waals surface area contributed by atoms with Gasteiger partial charge in [0.25, 0.3) is 0 Å². The molecule has 1 aromatic rings. The number of hydrogen-bond donors (Lipinski definition) is 3. The third kappa shape index (κ3) is 3.12. The van der Waals surface area contributed by atoms with Crippen molar-refractivity contribution in [1.82, 2.24) is 10.2 Å². The van der Waals surface area contributed by atoms with Gasteiger partial charge >= 0.3 is 0 Å². The van der Waals surface area contributed by atoms with Gasteiger partial charge in [-0.15, -0.1) is 0 Å². The largest absolute Gasteiger partial charge is 0.394 e. The Balaban J connectivity index is 1.78. The molecule has 0 saturated carbocycles. The summed E-state index contributed by atoms with van der Waals surface area (Å²) in [5, 5.41) is 15.5. The van der Waals surface area contributed by atoms with Crippen LogP contribution in [0.2, 0.25) is 0 Å². The van der Waals surface area contributed by atoms with Crippen LogP contribution in [-0.2, 0) is 19.1 Å². The Bertz CT molecular complexity index is 919. The zero-order valence-electron chi connectivity index (χ0n) is 18.0. The minimum Gasteiger partial charge on any atom is -0.394 e. The molecular weight excluding hydrogens is 466 g/mol. The van der Waals surface area contributed by atoms with Gasteiger partial charge in [0.05, 0.1) is 30.6 Å². The Kier molecular flexibility index (Phi) is 5.64. The Morgan fingerprint density at radius 1 is 1.32 bits per heavy atom. The van der Waals surface area contributed by atoms with Crippen molar-refractivity contribution in [3.63, 3.8) is 0 Å². The van der Waals surface area contributed by atoms with E-state index >= 15 is 0 Å². The van der Waals surface area contributed by atoms with Crippen LogP contribution in [0.3, 0.4) is 0 Å². The van der Waals surface area contributed by atoms with E-state index in [1.54, 1.807) is 6.92 Å². The number of ether oxygens (including phenoxy) is 1. The van der Waals surface area contributed by atoms with Crippen LogP contribution in [0.15, 0.2) is 18.2 Å². The zero-order valence-corrected chi connectivity index (χ0v) is 19.6. The number of fused-ring (bicyclic) bond motifs is 1. The highest BCUT2D eigenvalue weighted by atomic mass is 79.9. The predicted molar refractivity (Wildman–Crippen MR) is 118 cm³/mol. The van der Waals surface area contributed by atoms with E-state index in [0.717, 1.165) is 11.1 Å². The van der Waals surface area contributed by atoms with Gasteiger partial charge in [0, 0.05) is 17.6 Å². The number of para-hydroxylation sites is 1. The maximum atomic E-state index is 13.7. The van der Waals surface area contributed by atoms with Crippen LogP contribution in [0.4, 0.5) is 5.69 Å². The molecule has 3 fully saturated rings. The van der Waals surface area contributed by atoms with Gasteiger partial charge in [0.2, 0.25) is 17.7 Å². The van der Waals surface area contributed by atoms with E-state index in [9.17, 15) is 19.5 Å². The number of aliphatic hydroxyl groups is 1. The molecule has 3 heterocycles. The molecule has 2 bridgehead atoms. The van der Waals surface area contributed by atoms with Gasteiger partial charge < -0.3 is 25.4 Å². The lowest BCUT2D eigenvalue weighted by molar-refractivity contribution is -0.143. The quantitative estimate of drug-likeness (QED) is 0.532. The number of benzene rings is 1. The van der Waals surface area contributed by atoms with Gasteiger partial charge in [-0.3, -0.25) is 14.4 Å². The first-order chi connectivity index (χ1) is 14.7. The Morgan fingerprint density at radius 3 is 2.55 bits per heavy atom. The van der Waals surface area contributed by atoms with Crippen LogP contribution >= 0.6 is 15.9 Å². The summed E-state index contributed by atoms with van der Waals surface area (Å²) in [5.74, 6) is -2.43. The number of nitrogens with zero attached hydrogens (tertiary/aromatic N) is 1. The number of hydrogen-bond acceptors (Lipinski definition) is 5. The average molecular weight is 494 g/mol. The maximum Gasteiger partial charge on any atom is 0.250 e. The molecule has 0 radical (unpaired) electrons. The molecule has 8 nitrogen and oxygen atoms in total. The lowest BCUT2D eigenvalue weighted by atomic mass is 9.70. The third-order valence-electron chi connectivity index (χ3n) is 6.99. The standard InChI is InChI=1S/C22H28BrN3O5/c1-10-6-5-7-11(2)16(10)25-20(29)18-22-8-13(23)17(31-22)14(19(28)24-4)15(22)21(30)26(18)12(3)9-27/h5-7,12-15,17-18,27H,8-9H2,1-4H3,(H,24,28)(H,25,29)/t12-,13?,14+,15+,17+,18?,22?/m1/s1. The van der Waals surface area contributed by atoms with Gasteiger partial charge in [-0.05, 0) is 38.3 Å². The number of likely N-dealkylation sites (tertiary alicyclic amines) is 1. The second-order valence-electron chi connectivity index (χ2n) is 8.81. The molecule has 0 aromatic heterocycles. The van der Waals surface area contributed by atoms with Crippen LogP contribution < -0.4 is 10.6 Å². The monoisotopic (exact) mass is 493 g/mol. The fourth-order valence-corrected chi connectivity index (χ4v) is 6.54. The van der Waals surface area contributed by atoms with Gasteiger partial charge in [-0.2, -0.15) is 0 Å². The van der Waals surface area contributed by atoms with Crippen molar-refractivity contribution in [2.75, 3.05) is 19.0 Å². The molecule has 3 saturated heterocycles. The lowest BCUT2D eigenvalue weighted by Crippen LogP contribution is -2.56. The van der Waals surface area contributed by atoms with Crippen molar-refractivity contribution < 1.29 is 24.2 Å². The molecule has 31 heavy (non-hydrogen) atoms. The zero-order chi connectivity index (χ0) is 22.7. The number of anilines is 1. The normalized spacial score (nSPS) is 34.6. The van der Waals surface area contributed by atoms with Crippen molar-refractivity contribution in [3.05, 3.63) is 29.3 Å². The highest BCUT2D eigenvalue weighted by Gasteiger charge is 2.76. The van der Waals surface area contributed by atoms with Crippen LogP contribution in [0.25, 0.3) is 0 Å². The van der Waals surface area contributed by atoms with Crippen molar-refractivity contribution in [1.29, 1.82) is 0 Å². The summed E-state index contributed by atoms with van der Waals surface area (Å²) in [6, 6.07) is 4.18. The fraction of sp³-hybridized carbons (Fsp3) is 0.591. The molecular formula is C22H28BrN3O5. The van der Waals surface area contributed by atoms with Crippen molar-refractivity contribution in [2.24, 2.45) is 11.8 Å². The summed E-state index contributed by atoms with van der Waals surface area (Å²) < 4.78 is 6.35. The lowest BCUT2D eigenvalue weighted by Gasteiger charge is -2.36. The second-order valence-corrected chi connectivity index (χ2v) is 9.99. The molecule has 1 spiro atoms. The van der Waals surface area contributed by atoms with Gasteiger partial charge in [0.1, 0.15) is 11.6 Å². The Hall–Kier alpha value is -1.97. The second kappa shape index (κ2) is 7.86. The van der Waals surface area contributed by atoms with E-state index in [4.69, 9.17) is 4.74 Å². The number of nitrogens with one attached hydrogen (secondary N) is 2. The van der Waals surface area contributed by atoms with Gasteiger partial charge in [0.15, 0.2) is 0 Å². The first kappa shape index (κ1) is 22.2. The molecule has 168 valence electrons. The Morgan fingerprint density at radius 2 is 1.97 bits per heavy atom. The number of aryl methyl sites for hydroxylation is 2. The van der Waals surface area contributed by atoms with Gasteiger partial charge in [-0.1, -0.05) is 34.1 Å². The molecule has 3 aliphatic heterocycles. The highest BCUT2D eigenvalue weighted by Crippen LogP contribution is 2.60. The van der Waals surface area contributed by atoms with E-state index in [-0.39, 0.29) is 29.2 Å². The number of alkyl halides is 1. The average Bonchev–Trinajstić information content (AvgIpc) is 3.33. The third-order valence-corrected chi connectivity index (χ3v) is 7.84. The van der Waals surface area contributed by atoms with Crippen LogP contribution in [0.5, 0.6) is 0 Å². The first-order valence-corrected chi connectivity index (χ1v) is 11.4. The molecule has 3 amide bonds. The molecule has 7 atom stereocenters. The number of halogens is 1. The molecule has 3 N–H and O–H groups in total. The summed E-state index contributed by atoms with van der Waals surface area (Å²) in [4.78, 5) is 41.2. The summed E-state index contributed by atoms with van der Waals surface area (Å²) in [6.07, 6.45) is -0.0582. The molecule has 3 aliphatic rings. The summed E-state index contributed by atoms with van der Waals surface area (Å²) in [6.45, 7) is 5.21. The van der Waals surface area contributed by atoms with E-state index in [1.807, 2.05) is 32.0 Å². The number of rotatable bonds is 5. The molecule has 9 heteroatoms. The molecule has 0 aliphatic carbocycles. The number of amides is 3. The van der Waals surface area contributed by atoms with E-state index in [1.165, 1.54) is 11.9 Å². The first-order valence-electron chi connectivity index (χ1n) is 10.5. The molecule has 3 unspecified atom stereocenters. The van der Waals surface area contributed by atoms with Gasteiger partial charge in [-0.25, -0.2) is 0 Å². The topological polar surface area (TPSA) is 108 Å². The predicted octanol–water partition coefficient (Wildman–Crippen LogP) is 1.12. The molecule has 1 aromatic carbocycles.